The van der Waals surface area contributed by atoms with E-state index in [2.05, 4.69) is 10.3 Å². The van der Waals surface area contributed by atoms with E-state index in [0.717, 1.165) is 22.9 Å². The third-order valence-corrected chi connectivity index (χ3v) is 3.87. The summed E-state index contributed by atoms with van der Waals surface area (Å²) in [7, 11) is 0. The highest BCUT2D eigenvalue weighted by Gasteiger charge is 2.32. The predicted molar refractivity (Wildman–Crippen MR) is 79.2 cm³/mol. The van der Waals surface area contributed by atoms with Gasteiger partial charge < -0.3 is 10.3 Å². The second-order valence-electron chi connectivity index (χ2n) is 5.80. The fraction of sp³-hybridized carbons (Fsp3) is 0.438. The van der Waals surface area contributed by atoms with Crippen molar-refractivity contribution in [3.63, 3.8) is 0 Å². The molecule has 20 heavy (non-hydrogen) atoms. The van der Waals surface area contributed by atoms with Gasteiger partial charge in [0, 0.05) is 23.1 Å². The number of carbonyl (C=O) groups excluding carboxylic acids is 1. The van der Waals surface area contributed by atoms with Gasteiger partial charge in [-0.3, -0.25) is 4.79 Å². The molecule has 0 fully saturated rings. The van der Waals surface area contributed by atoms with E-state index in [0.29, 0.717) is 0 Å². The van der Waals surface area contributed by atoms with Crippen molar-refractivity contribution in [3.05, 3.63) is 35.8 Å². The number of aromatic amines is 1. The van der Waals surface area contributed by atoms with E-state index in [4.69, 9.17) is 0 Å². The molecule has 1 atom stereocenters. The molecular formula is C16H21FN2O. The summed E-state index contributed by atoms with van der Waals surface area (Å²) in [6.07, 6.45) is 2.67. The summed E-state index contributed by atoms with van der Waals surface area (Å²) >= 11 is 0. The van der Waals surface area contributed by atoms with Crippen LogP contribution in [0.3, 0.4) is 0 Å². The molecule has 1 aromatic heterocycles. The zero-order chi connectivity index (χ0) is 14.9. The number of amides is 1. The molecule has 1 amide bonds. The van der Waals surface area contributed by atoms with Crippen LogP contribution in [0.2, 0.25) is 0 Å². The summed E-state index contributed by atoms with van der Waals surface area (Å²) < 4.78 is 13.4. The molecule has 0 radical (unpaired) electrons. The first-order valence-corrected chi connectivity index (χ1v) is 6.94. The van der Waals surface area contributed by atoms with Crippen LogP contribution in [-0.2, 0) is 10.2 Å². The Balaban J connectivity index is 2.40. The first-order chi connectivity index (χ1) is 9.36. The standard InChI is InChI=1S/C16H21FN2O/c1-5-10(2)19-15(20)16(3,4)13-9-18-14-7-6-11(17)8-12(13)14/h6-10,18H,5H2,1-4H3,(H,19,20). The Morgan fingerprint density at radius 2 is 2.15 bits per heavy atom. The summed E-state index contributed by atoms with van der Waals surface area (Å²) in [5.41, 5.74) is 0.939. The van der Waals surface area contributed by atoms with Gasteiger partial charge in [-0.1, -0.05) is 6.92 Å². The van der Waals surface area contributed by atoms with E-state index in [9.17, 15) is 9.18 Å². The lowest BCUT2D eigenvalue weighted by Crippen LogP contribution is -2.43. The Morgan fingerprint density at radius 3 is 2.80 bits per heavy atom. The molecule has 0 aliphatic heterocycles. The van der Waals surface area contributed by atoms with Gasteiger partial charge in [0.05, 0.1) is 5.41 Å². The van der Waals surface area contributed by atoms with E-state index in [-0.39, 0.29) is 17.8 Å². The van der Waals surface area contributed by atoms with Gasteiger partial charge in [-0.25, -0.2) is 4.39 Å². The Kier molecular flexibility index (Phi) is 3.84. The minimum Gasteiger partial charge on any atom is -0.361 e. The second-order valence-corrected chi connectivity index (χ2v) is 5.80. The number of carbonyl (C=O) groups is 1. The number of hydrogen-bond acceptors (Lipinski definition) is 1. The van der Waals surface area contributed by atoms with E-state index in [1.54, 1.807) is 12.3 Å². The summed E-state index contributed by atoms with van der Waals surface area (Å²) in [5.74, 6) is -0.339. The second kappa shape index (κ2) is 5.27. The maximum absolute atomic E-state index is 13.4. The van der Waals surface area contributed by atoms with Crippen LogP contribution in [0.15, 0.2) is 24.4 Å². The molecule has 1 aromatic carbocycles. The number of benzene rings is 1. The van der Waals surface area contributed by atoms with Gasteiger partial charge in [-0.2, -0.15) is 0 Å². The highest BCUT2D eigenvalue weighted by atomic mass is 19.1. The van der Waals surface area contributed by atoms with Crippen LogP contribution < -0.4 is 5.32 Å². The van der Waals surface area contributed by atoms with Crippen LogP contribution in [-0.4, -0.2) is 16.9 Å². The molecule has 0 aliphatic carbocycles. The Morgan fingerprint density at radius 1 is 1.45 bits per heavy atom. The zero-order valence-corrected chi connectivity index (χ0v) is 12.4. The van der Waals surface area contributed by atoms with Gasteiger partial charge in [0.1, 0.15) is 5.82 Å². The molecule has 1 unspecified atom stereocenters. The molecule has 0 spiro atoms. The number of hydrogen-bond donors (Lipinski definition) is 2. The number of fused-ring (bicyclic) bond motifs is 1. The summed E-state index contributed by atoms with van der Waals surface area (Å²) in [4.78, 5) is 15.5. The monoisotopic (exact) mass is 276 g/mol. The summed E-state index contributed by atoms with van der Waals surface area (Å²) in [5, 5.41) is 3.75. The van der Waals surface area contributed by atoms with Crippen LogP contribution in [0, 0.1) is 5.82 Å². The average Bonchev–Trinajstić information content (AvgIpc) is 2.81. The third-order valence-electron chi connectivity index (χ3n) is 3.87. The normalized spacial score (nSPS) is 13.4. The number of rotatable bonds is 4. The predicted octanol–water partition coefficient (Wildman–Crippen LogP) is 3.50. The summed E-state index contributed by atoms with van der Waals surface area (Å²) in [6.45, 7) is 7.72. The molecule has 0 saturated carbocycles. The van der Waals surface area contributed by atoms with E-state index >= 15 is 0 Å². The molecule has 0 aliphatic rings. The Bertz CT molecular complexity index is 630. The fourth-order valence-corrected chi connectivity index (χ4v) is 2.24. The van der Waals surface area contributed by atoms with Crippen molar-refractivity contribution in [3.8, 4) is 0 Å². The molecule has 4 heteroatoms. The van der Waals surface area contributed by atoms with Gasteiger partial charge in [-0.15, -0.1) is 0 Å². The Hall–Kier alpha value is -1.84. The van der Waals surface area contributed by atoms with E-state index in [1.807, 2.05) is 27.7 Å². The molecular weight excluding hydrogens is 255 g/mol. The van der Waals surface area contributed by atoms with Gasteiger partial charge >= 0.3 is 0 Å². The Labute approximate surface area is 118 Å². The van der Waals surface area contributed by atoms with E-state index < -0.39 is 5.41 Å². The van der Waals surface area contributed by atoms with Crippen LogP contribution in [0.1, 0.15) is 39.7 Å². The molecule has 2 aromatic rings. The molecule has 2 N–H and O–H groups in total. The molecule has 108 valence electrons. The topological polar surface area (TPSA) is 44.9 Å². The van der Waals surface area contributed by atoms with Crippen LogP contribution in [0.5, 0.6) is 0 Å². The third kappa shape index (κ3) is 2.55. The maximum Gasteiger partial charge on any atom is 0.230 e. The molecule has 2 rings (SSSR count). The van der Waals surface area contributed by atoms with Crippen LogP contribution >= 0.6 is 0 Å². The van der Waals surface area contributed by atoms with Crippen molar-refractivity contribution < 1.29 is 9.18 Å². The number of aromatic nitrogens is 1. The minimum atomic E-state index is -0.713. The lowest BCUT2D eigenvalue weighted by atomic mass is 9.83. The fourth-order valence-electron chi connectivity index (χ4n) is 2.24. The largest absolute Gasteiger partial charge is 0.361 e. The zero-order valence-electron chi connectivity index (χ0n) is 12.4. The van der Waals surface area contributed by atoms with Crippen molar-refractivity contribution in [1.29, 1.82) is 0 Å². The molecule has 0 saturated heterocycles. The number of halogens is 1. The number of nitrogens with one attached hydrogen (secondary N) is 2. The van der Waals surface area contributed by atoms with Crippen LogP contribution in [0.4, 0.5) is 4.39 Å². The van der Waals surface area contributed by atoms with Crippen molar-refractivity contribution in [1.82, 2.24) is 10.3 Å². The van der Waals surface area contributed by atoms with Crippen molar-refractivity contribution >= 4 is 16.8 Å². The van der Waals surface area contributed by atoms with Crippen molar-refractivity contribution in [2.75, 3.05) is 0 Å². The molecule has 3 nitrogen and oxygen atoms in total. The van der Waals surface area contributed by atoms with Gasteiger partial charge in [0.2, 0.25) is 5.91 Å². The number of H-pyrrole nitrogens is 1. The van der Waals surface area contributed by atoms with Gasteiger partial charge in [-0.05, 0) is 51.0 Å². The van der Waals surface area contributed by atoms with E-state index in [1.165, 1.54) is 12.1 Å². The van der Waals surface area contributed by atoms with Gasteiger partial charge in [0.15, 0.2) is 0 Å². The first-order valence-electron chi connectivity index (χ1n) is 6.94. The minimum absolute atomic E-state index is 0.0444. The lowest BCUT2D eigenvalue weighted by Gasteiger charge is -2.25. The quantitative estimate of drug-likeness (QED) is 0.882. The highest BCUT2D eigenvalue weighted by Crippen LogP contribution is 2.31. The SMILES string of the molecule is CCC(C)NC(=O)C(C)(C)c1c[nH]c2ccc(F)cc12. The smallest absolute Gasteiger partial charge is 0.230 e. The van der Waals surface area contributed by atoms with Crippen LogP contribution in [0.25, 0.3) is 10.9 Å². The molecule has 0 bridgehead atoms. The van der Waals surface area contributed by atoms with Crippen molar-refractivity contribution in [2.45, 2.75) is 45.6 Å². The van der Waals surface area contributed by atoms with Crippen molar-refractivity contribution in [2.24, 2.45) is 0 Å². The highest BCUT2D eigenvalue weighted by molar-refractivity contribution is 5.94. The maximum atomic E-state index is 13.4. The molecule has 1 heterocycles. The van der Waals surface area contributed by atoms with Gasteiger partial charge in [0.25, 0.3) is 0 Å². The first kappa shape index (κ1) is 14.6. The average molecular weight is 276 g/mol. The lowest BCUT2D eigenvalue weighted by molar-refractivity contribution is -0.126. The summed E-state index contributed by atoms with van der Waals surface area (Å²) in [6, 6.07) is 4.70.